The van der Waals surface area contributed by atoms with Crippen LogP contribution in [0.4, 0.5) is 4.39 Å². The van der Waals surface area contributed by atoms with E-state index in [2.05, 4.69) is 0 Å². The van der Waals surface area contributed by atoms with Crippen LogP contribution in [0.15, 0.2) is 0 Å². The standard InChI is InChI=1S/C9H17FO2/c1-8(2)4-6(11)7(12)9(3,10)5-8/h6-7,11-12H,4-5H2,1-3H3/t6-,7-,9-/m1/s1. The molecule has 12 heavy (non-hydrogen) atoms. The summed E-state index contributed by atoms with van der Waals surface area (Å²) in [4.78, 5) is 0. The summed E-state index contributed by atoms with van der Waals surface area (Å²) in [6, 6.07) is 0. The predicted octanol–water partition coefficient (Wildman–Crippen LogP) is 1.26. The Kier molecular flexibility index (Phi) is 2.21. The van der Waals surface area contributed by atoms with E-state index in [4.69, 9.17) is 0 Å². The molecule has 0 aromatic carbocycles. The average Bonchev–Trinajstić information content (AvgIpc) is 1.79. The Morgan fingerprint density at radius 1 is 1.25 bits per heavy atom. The third-order valence-corrected chi connectivity index (χ3v) is 2.57. The van der Waals surface area contributed by atoms with E-state index in [1.54, 1.807) is 0 Å². The van der Waals surface area contributed by atoms with Crippen LogP contribution in [0, 0.1) is 5.41 Å². The highest BCUT2D eigenvalue weighted by atomic mass is 19.1. The predicted molar refractivity (Wildman–Crippen MR) is 44.5 cm³/mol. The molecule has 0 bridgehead atoms. The topological polar surface area (TPSA) is 40.5 Å². The van der Waals surface area contributed by atoms with Gasteiger partial charge in [0.15, 0.2) is 0 Å². The van der Waals surface area contributed by atoms with Crippen LogP contribution >= 0.6 is 0 Å². The summed E-state index contributed by atoms with van der Waals surface area (Å²) in [5.41, 5.74) is -1.87. The van der Waals surface area contributed by atoms with Crippen molar-refractivity contribution in [2.45, 2.75) is 51.5 Å². The van der Waals surface area contributed by atoms with Crippen molar-refractivity contribution in [1.29, 1.82) is 0 Å². The van der Waals surface area contributed by atoms with Gasteiger partial charge in [-0.15, -0.1) is 0 Å². The first kappa shape index (κ1) is 9.93. The molecule has 72 valence electrons. The lowest BCUT2D eigenvalue weighted by Gasteiger charge is -2.43. The van der Waals surface area contributed by atoms with Gasteiger partial charge in [0, 0.05) is 0 Å². The summed E-state index contributed by atoms with van der Waals surface area (Å²) >= 11 is 0. The van der Waals surface area contributed by atoms with Crippen molar-refractivity contribution in [3.8, 4) is 0 Å². The third-order valence-electron chi connectivity index (χ3n) is 2.57. The molecule has 1 rings (SSSR count). The second-order valence-corrected chi connectivity index (χ2v) is 4.84. The Balaban J connectivity index is 2.80. The van der Waals surface area contributed by atoms with Crippen LogP contribution in [0.5, 0.6) is 0 Å². The average molecular weight is 176 g/mol. The molecular formula is C9H17FO2. The Bertz CT molecular complexity index is 177. The molecule has 2 N–H and O–H groups in total. The van der Waals surface area contributed by atoms with Gasteiger partial charge in [0.05, 0.1) is 6.10 Å². The van der Waals surface area contributed by atoms with Crippen molar-refractivity contribution < 1.29 is 14.6 Å². The van der Waals surface area contributed by atoms with Crippen molar-refractivity contribution >= 4 is 0 Å². The first-order chi connectivity index (χ1) is 5.25. The summed E-state index contributed by atoms with van der Waals surface area (Å²) < 4.78 is 13.6. The van der Waals surface area contributed by atoms with E-state index in [9.17, 15) is 14.6 Å². The highest BCUT2D eigenvalue weighted by Gasteiger charge is 2.48. The van der Waals surface area contributed by atoms with Gasteiger partial charge in [-0.2, -0.15) is 0 Å². The van der Waals surface area contributed by atoms with E-state index in [1.165, 1.54) is 6.92 Å². The summed E-state index contributed by atoms with van der Waals surface area (Å²) in [7, 11) is 0. The van der Waals surface area contributed by atoms with Crippen LogP contribution < -0.4 is 0 Å². The molecule has 3 heteroatoms. The van der Waals surface area contributed by atoms with Crippen LogP contribution in [0.1, 0.15) is 33.6 Å². The van der Waals surface area contributed by atoms with Crippen LogP contribution in [0.3, 0.4) is 0 Å². The fourth-order valence-corrected chi connectivity index (χ4v) is 2.19. The number of halogens is 1. The fraction of sp³-hybridized carbons (Fsp3) is 1.00. The number of rotatable bonds is 0. The number of aliphatic hydroxyl groups excluding tert-OH is 2. The lowest BCUT2D eigenvalue weighted by Crippen LogP contribution is -2.52. The smallest absolute Gasteiger partial charge is 0.137 e. The van der Waals surface area contributed by atoms with Gasteiger partial charge < -0.3 is 10.2 Å². The third kappa shape index (κ3) is 1.77. The molecule has 0 amide bonds. The van der Waals surface area contributed by atoms with E-state index >= 15 is 0 Å². The Morgan fingerprint density at radius 3 is 2.17 bits per heavy atom. The molecule has 0 spiro atoms. The number of alkyl halides is 1. The minimum absolute atomic E-state index is 0.220. The summed E-state index contributed by atoms with van der Waals surface area (Å²) in [5, 5.41) is 18.7. The van der Waals surface area contributed by atoms with Crippen molar-refractivity contribution in [2.24, 2.45) is 5.41 Å². The molecule has 0 aromatic rings. The molecule has 1 saturated carbocycles. The van der Waals surface area contributed by atoms with Crippen LogP contribution in [-0.2, 0) is 0 Å². The minimum Gasteiger partial charge on any atom is -0.390 e. The molecule has 0 aromatic heterocycles. The first-order valence-electron chi connectivity index (χ1n) is 4.30. The van der Waals surface area contributed by atoms with E-state index in [0.717, 1.165) is 0 Å². The molecule has 0 heterocycles. The Labute approximate surface area is 72.4 Å². The maximum Gasteiger partial charge on any atom is 0.137 e. The van der Waals surface area contributed by atoms with Gasteiger partial charge in [-0.25, -0.2) is 4.39 Å². The number of aliphatic hydroxyl groups is 2. The van der Waals surface area contributed by atoms with Gasteiger partial charge in [-0.05, 0) is 25.2 Å². The van der Waals surface area contributed by atoms with Crippen molar-refractivity contribution in [1.82, 2.24) is 0 Å². The highest BCUT2D eigenvalue weighted by molar-refractivity contribution is 4.98. The van der Waals surface area contributed by atoms with Crippen LogP contribution in [0.2, 0.25) is 0 Å². The zero-order chi connectivity index (χ0) is 9.57. The molecule has 0 radical (unpaired) electrons. The summed E-state index contributed by atoms with van der Waals surface area (Å²) in [5.74, 6) is 0. The fourth-order valence-electron chi connectivity index (χ4n) is 2.19. The second kappa shape index (κ2) is 2.67. The lowest BCUT2D eigenvalue weighted by molar-refractivity contribution is -0.134. The second-order valence-electron chi connectivity index (χ2n) is 4.84. The molecule has 0 saturated heterocycles. The Morgan fingerprint density at radius 2 is 1.75 bits per heavy atom. The van der Waals surface area contributed by atoms with Gasteiger partial charge in [0.25, 0.3) is 0 Å². The number of hydrogen-bond donors (Lipinski definition) is 2. The molecular weight excluding hydrogens is 159 g/mol. The molecule has 3 atom stereocenters. The molecule has 1 aliphatic rings. The highest BCUT2D eigenvalue weighted by Crippen LogP contribution is 2.42. The zero-order valence-corrected chi connectivity index (χ0v) is 7.84. The van der Waals surface area contributed by atoms with Gasteiger partial charge in [-0.3, -0.25) is 0 Å². The molecule has 0 unspecified atom stereocenters. The van der Waals surface area contributed by atoms with Crippen molar-refractivity contribution in [2.75, 3.05) is 0 Å². The van der Waals surface area contributed by atoms with Crippen molar-refractivity contribution in [3.05, 3.63) is 0 Å². The van der Waals surface area contributed by atoms with E-state index < -0.39 is 17.9 Å². The monoisotopic (exact) mass is 176 g/mol. The summed E-state index contributed by atoms with van der Waals surface area (Å²) in [6.07, 6.45) is -1.39. The van der Waals surface area contributed by atoms with E-state index in [0.29, 0.717) is 12.8 Å². The van der Waals surface area contributed by atoms with Crippen LogP contribution in [-0.4, -0.2) is 28.1 Å². The summed E-state index contributed by atoms with van der Waals surface area (Å²) in [6.45, 7) is 5.15. The number of hydrogen-bond acceptors (Lipinski definition) is 2. The van der Waals surface area contributed by atoms with Crippen LogP contribution in [0.25, 0.3) is 0 Å². The van der Waals surface area contributed by atoms with Crippen molar-refractivity contribution in [3.63, 3.8) is 0 Å². The SMILES string of the molecule is CC1(C)C[C@@H](O)[C@@H](O)[C@](C)(F)C1. The van der Waals surface area contributed by atoms with E-state index in [1.807, 2.05) is 13.8 Å². The minimum atomic E-state index is -1.65. The normalized spacial score (nSPS) is 47.5. The Hall–Kier alpha value is -0.150. The quantitative estimate of drug-likeness (QED) is 0.583. The molecule has 0 aliphatic heterocycles. The van der Waals surface area contributed by atoms with Gasteiger partial charge in [0.1, 0.15) is 11.8 Å². The largest absolute Gasteiger partial charge is 0.390 e. The lowest BCUT2D eigenvalue weighted by atomic mass is 9.68. The molecule has 1 aliphatic carbocycles. The van der Waals surface area contributed by atoms with Gasteiger partial charge in [-0.1, -0.05) is 13.8 Å². The maximum atomic E-state index is 13.6. The zero-order valence-electron chi connectivity index (χ0n) is 7.84. The first-order valence-corrected chi connectivity index (χ1v) is 4.30. The molecule has 2 nitrogen and oxygen atoms in total. The molecule has 1 fully saturated rings. The van der Waals surface area contributed by atoms with Gasteiger partial charge >= 0.3 is 0 Å². The van der Waals surface area contributed by atoms with E-state index in [-0.39, 0.29) is 5.41 Å². The van der Waals surface area contributed by atoms with Gasteiger partial charge in [0.2, 0.25) is 0 Å². The maximum absolute atomic E-state index is 13.6.